The number of aryl methyl sites for hydroxylation is 2. The fraction of sp³-hybridized carbons (Fsp3) is 0.400. The number of carbonyl (C=O) groups is 2. The summed E-state index contributed by atoms with van der Waals surface area (Å²) in [6.07, 6.45) is 5.73. The molecule has 1 aromatic carbocycles. The number of hydrogen-bond donors (Lipinski definition) is 2. The maximum atomic E-state index is 13.0. The molecule has 0 bridgehead atoms. The summed E-state index contributed by atoms with van der Waals surface area (Å²) in [4.78, 5) is 30.8. The molecule has 3 aromatic rings. The SMILES string of the molecule is Cc1ccc(NC(=O)Nc2ncc(CSc3nnnn3C)s2)c(C(=O)C2CCCC2)c1. The fourth-order valence-corrected chi connectivity index (χ4v) is 5.22. The fourth-order valence-electron chi connectivity index (χ4n) is 3.54. The van der Waals surface area contributed by atoms with E-state index in [-0.39, 0.29) is 11.7 Å². The van der Waals surface area contributed by atoms with Gasteiger partial charge < -0.3 is 5.32 Å². The van der Waals surface area contributed by atoms with E-state index in [9.17, 15) is 9.59 Å². The number of nitrogens with zero attached hydrogens (tertiary/aromatic N) is 5. The molecule has 2 heterocycles. The monoisotopic (exact) mass is 457 g/mol. The molecule has 2 N–H and O–H groups in total. The number of aromatic nitrogens is 5. The van der Waals surface area contributed by atoms with Gasteiger partial charge in [0.1, 0.15) is 0 Å². The van der Waals surface area contributed by atoms with E-state index >= 15 is 0 Å². The highest BCUT2D eigenvalue weighted by molar-refractivity contribution is 7.98. The third kappa shape index (κ3) is 5.28. The number of ketones is 1. The highest BCUT2D eigenvalue weighted by Crippen LogP contribution is 2.31. The Morgan fingerprint density at radius 2 is 2.06 bits per heavy atom. The number of nitrogens with one attached hydrogen (secondary N) is 2. The minimum absolute atomic E-state index is 0.0496. The Hall–Kier alpha value is -2.79. The van der Waals surface area contributed by atoms with Gasteiger partial charge in [0.05, 0.1) is 5.69 Å². The van der Waals surface area contributed by atoms with Gasteiger partial charge in [-0.1, -0.05) is 36.2 Å². The predicted octanol–water partition coefficient (Wildman–Crippen LogP) is 4.28. The van der Waals surface area contributed by atoms with Gasteiger partial charge in [0, 0.05) is 35.4 Å². The van der Waals surface area contributed by atoms with Crippen LogP contribution in [0, 0.1) is 12.8 Å². The number of Topliss-reactive ketones (excluding diaryl/α,β-unsaturated/α-hetero) is 1. The third-order valence-corrected chi connectivity index (χ3v) is 7.27. The standard InChI is InChI=1S/C20H23N7O2S2/c1-12-7-8-16(15(9-12)17(28)13-5-3-4-6-13)22-18(29)23-19-21-10-14(31-19)11-30-20-24-25-26-27(20)2/h7-10,13H,3-6,11H2,1-2H3,(H2,21,22,23,29). The molecule has 0 atom stereocenters. The number of hydrogen-bond acceptors (Lipinski definition) is 8. The van der Waals surface area contributed by atoms with Crippen molar-refractivity contribution >= 4 is 45.7 Å². The van der Waals surface area contributed by atoms with Crippen molar-refractivity contribution in [1.29, 1.82) is 0 Å². The van der Waals surface area contributed by atoms with Gasteiger partial charge >= 0.3 is 6.03 Å². The van der Waals surface area contributed by atoms with Gasteiger partial charge in [-0.05, 0) is 42.3 Å². The van der Waals surface area contributed by atoms with E-state index in [0.29, 0.717) is 27.3 Å². The number of anilines is 2. The highest BCUT2D eigenvalue weighted by atomic mass is 32.2. The molecule has 1 aliphatic rings. The first-order valence-electron chi connectivity index (χ1n) is 10.0. The van der Waals surface area contributed by atoms with Crippen LogP contribution in [0.25, 0.3) is 0 Å². The van der Waals surface area contributed by atoms with E-state index in [1.54, 1.807) is 24.0 Å². The molecule has 0 aliphatic heterocycles. The number of benzene rings is 1. The molecule has 0 saturated heterocycles. The minimum atomic E-state index is -0.421. The molecule has 0 spiro atoms. The van der Waals surface area contributed by atoms with Crippen molar-refractivity contribution in [3.05, 3.63) is 40.4 Å². The molecule has 0 radical (unpaired) electrons. The van der Waals surface area contributed by atoms with E-state index in [4.69, 9.17) is 0 Å². The highest BCUT2D eigenvalue weighted by Gasteiger charge is 2.26. The van der Waals surface area contributed by atoms with Crippen LogP contribution in [0.15, 0.2) is 29.6 Å². The molecule has 1 saturated carbocycles. The number of amides is 2. The molecule has 162 valence electrons. The molecular weight excluding hydrogens is 434 g/mol. The molecule has 31 heavy (non-hydrogen) atoms. The van der Waals surface area contributed by atoms with Crippen molar-refractivity contribution in [2.24, 2.45) is 13.0 Å². The zero-order valence-corrected chi connectivity index (χ0v) is 18.9. The van der Waals surface area contributed by atoms with Gasteiger partial charge in [0.15, 0.2) is 10.9 Å². The van der Waals surface area contributed by atoms with Crippen molar-refractivity contribution in [3.63, 3.8) is 0 Å². The number of thiazole rings is 1. The van der Waals surface area contributed by atoms with Gasteiger partial charge in [-0.3, -0.25) is 10.1 Å². The van der Waals surface area contributed by atoms with Crippen LogP contribution >= 0.6 is 23.1 Å². The lowest BCUT2D eigenvalue weighted by Gasteiger charge is -2.14. The van der Waals surface area contributed by atoms with E-state index < -0.39 is 6.03 Å². The molecule has 1 fully saturated rings. The van der Waals surface area contributed by atoms with Gasteiger partial charge in [0.25, 0.3) is 0 Å². The number of rotatable bonds is 7. The second kappa shape index (κ2) is 9.56. The normalized spacial score (nSPS) is 14.0. The molecule has 0 unspecified atom stereocenters. The zero-order chi connectivity index (χ0) is 21.8. The Balaban J connectivity index is 1.38. The van der Waals surface area contributed by atoms with E-state index in [1.165, 1.54) is 23.1 Å². The summed E-state index contributed by atoms with van der Waals surface area (Å²) in [5, 5.41) is 18.1. The summed E-state index contributed by atoms with van der Waals surface area (Å²) in [5.74, 6) is 0.810. The quantitative estimate of drug-likeness (QED) is 0.402. The van der Waals surface area contributed by atoms with Crippen LogP contribution in [0.2, 0.25) is 0 Å². The summed E-state index contributed by atoms with van der Waals surface area (Å²) in [6, 6.07) is 5.11. The largest absolute Gasteiger partial charge is 0.325 e. The Kier molecular flexibility index (Phi) is 6.62. The molecule has 1 aliphatic carbocycles. The number of urea groups is 1. The molecule has 4 rings (SSSR count). The number of tetrazole rings is 1. The van der Waals surface area contributed by atoms with Crippen molar-refractivity contribution in [2.75, 3.05) is 10.6 Å². The van der Waals surface area contributed by atoms with Crippen LogP contribution in [-0.4, -0.2) is 37.0 Å². The lowest BCUT2D eigenvalue weighted by atomic mass is 9.94. The van der Waals surface area contributed by atoms with Gasteiger partial charge in [-0.25, -0.2) is 14.5 Å². The maximum absolute atomic E-state index is 13.0. The van der Waals surface area contributed by atoms with Gasteiger partial charge in [-0.15, -0.1) is 16.4 Å². The second-order valence-corrected chi connectivity index (χ2v) is 9.54. The van der Waals surface area contributed by atoms with Crippen LogP contribution in [0.5, 0.6) is 0 Å². The Morgan fingerprint density at radius 3 is 2.81 bits per heavy atom. The number of carbonyl (C=O) groups excluding carboxylic acids is 2. The predicted molar refractivity (Wildman–Crippen MR) is 121 cm³/mol. The summed E-state index contributed by atoms with van der Waals surface area (Å²) in [5.41, 5.74) is 2.10. The molecule has 11 heteroatoms. The Bertz CT molecular complexity index is 1090. The molecule has 2 amide bonds. The first kappa shape index (κ1) is 21.4. The smallest absolute Gasteiger partial charge is 0.307 e. The number of thioether (sulfide) groups is 1. The third-order valence-electron chi connectivity index (χ3n) is 5.11. The van der Waals surface area contributed by atoms with Crippen LogP contribution in [-0.2, 0) is 12.8 Å². The first-order valence-corrected chi connectivity index (χ1v) is 11.8. The minimum Gasteiger partial charge on any atom is -0.307 e. The lowest BCUT2D eigenvalue weighted by Crippen LogP contribution is -2.22. The summed E-state index contributed by atoms with van der Waals surface area (Å²) < 4.78 is 1.60. The van der Waals surface area contributed by atoms with Crippen LogP contribution in [0.1, 0.15) is 46.5 Å². The average Bonchev–Trinajstić information content (AvgIpc) is 3.50. The summed E-state index contributed by atoms with van der Waals surface area (Å²) in [6.45, 7) is 1.95. The van der Waals surface area contributed by atoms with E-state index in [0.717, 1.165) is 36.1 Å². The van der Waals surface area contributed by atoms with Crippen molar-refractivity contribution in [3.8, 4) is 0 Å². The van der Waals surface area contributed by atoms with Crippen molar-refractivity contribution < 1.29 is 9.59 Å². The topological polar surface area (TPSA) is 115 Å². The van der Waals surface area contributed by atoms with Crippen molar-refractivity contribution in [2.45, 2.75) is 43.5 Å². The Morgan fingerprint density at radius 1 is 1.26 bits per heavy atom. The van der Waals surface area contributed by atoms with E-state index in [2.05, 4.69) is 31.1 Å². The second-order valence-electron chi connectivity index (χ2n) is 7.48. The lowest BCUT2D eigenvalue weighted by molar-refractivity contribution is 0.0923. The summed E-state index contributed by atoms with van der Waals surface area (Å²) >= 11 is 2.88. The molecule has 2 aromatic heterocycles. The van der Waals surface area contributed by atoms with E-state index in [1.807, 2.05) is 19.1 Å². The van der Waals surface area contributed by atoms with Gasteiger partial charge in [0.2, 0.25) is 5.16 Å². The van der Waals surface area contributed by atoms with Crippen molar-refractivity contribution in [1.82, 2.24) is 25.2 Å². The average molecular weight is 458 g/mol. The maximum Gasteiger partial charge on any atom is 0.325 e. The summed E-state index contributed by atoms with van der Waals surface area (Å²) in [7, 11) is 1.78. The Labute approximate surface area is 188 Å². The molecule has 9 nitrogen and oxygen atoms in total. The first-order chi connectivity index (χ1) is 15.0. The van der Waals surface area contributed by atoms with Gasteiger partial charge in [-0.2, -0.15) is 0 Å². The van der Waals surface area contributed by atoms with Crippen LogP contribution < -0.4 is 10.6 Å². The van der Waals surface area contributed by atoms with Crippen LogP contribution in [0.3, 0.4) is 0 Å². The van der Waals surface area contributed by atoms with Crippen LogP contribution in [0.4, 0.5) is 15.6 Å². The molecular formula is C20H23N7O2S2. The zero-order valence-electron chi connectivity index (χ0n) is 17.3.